The van der Waals surface area contributed by atoms with Gasteiger partial charge in [0, 0.05) is 11.3 Å². The summed E-state index contributed by atoms with van der Waals surface area (Å²) in [6.45, 7) is 1.78. The molecule has 0 saturated carbocycles. The van der Waals surface area contributed by atoms with Crippen LogP contribution in [0, 0.1) is 12.7 Å². The van der Waals surface area contributed by atoms with Crippen LogP contribution >= 0.6 is 0 Å². The molecule has 0 aliphatic rings. The van der Waals surface area contributed by atoms with E-state index < -0.39 is 0 Å². The molecule has 0 radical (unpaired) electrons. The maximum atomic E-state index is 13.0. The molecule has 0 aliphatic carbocycles. The average Bonchev–Trinajstić information content (AvgIpc) is 2.59. The van der Waals surface area contributed by atoms with E-state index in [9.17, 15) is 4.39 Å². The zero-order chi connectivity index (χ0) is 10.8. The van der Waals surface area contributed by atoms with Gasteiger partial charge in [-0.3, -0.25) is 0 Å². The minimum absolute atomic E-state index is 0.0544. The van der Waals surface area contributed by atoms with Gasteiger partial charge in [0.2, 0.25) is 0 Å². The Balaban J connectivity index is 2.49. The second-order valence-corrected chi connectivity index (χ2v) is 3.31. The van der Waals surface area contributed by atoms with Gasteiger partial charge in [0.05, 0.1) is 18.5 Å². The number of aliphatic hydroxyl groups is 1. The summed E-state index contributed by atoms with van der Waals surface area (Å²) in [7, 11) is 0. The average molecular weight is 206 g/mol. The molecule has 0 unspecified atom stereocenters. The van der Waals surface area contributed by atoms with Crippen LogP contribution in [0.3, 0.4) is 0 Å². The van der Waals surface area contributed by atoms with E-state index in [1.807, 2.05) is 6.92 Å². The van der Waals surface area contributed by atoms with Crippen LogP contribution < -0.4 is 0 Å². The van der Waals surface area contributed by atoms with Crippen LogP contribution in [0.15, 0.2) is 30.5 Å². The number of hydrogen-bond donors (Lipinski definition) is 1. The summed E-state index contributed by atoms with van der Waals surface area (Å²) >= 11 is 0. The van der Waals surface area contributed by atoms with Crippen LogP contribution in [0.25, 0.3) is 5.69 Å². The fourth-order valence-corrected chi connectivity index (χ4v) is 1.47. The molecule has 78 valence electrons. The van der Waals surface area contributed by atoms with Crippen molar-refractivity contribution in [2.45, 2.75) is 13.5 Å². The molecule has 0 amide bonds. The first kappa shape index (κ1) is 9.86. The third kappa shape index (κ3) is 1.76. The third-order valence-corrected chi connectivity index (χ3v) is 2.33. The van der Waals surface area contributed by atoms with E-state index in [2.05, 4.69) is 5.10 Å². The van der Waals surface area contributed by atoms with Gasteiger partial charge < -0.3 is 5.11 Å². The van der Waals surface area contributed by atoms with Crippen molar-refractivity contribution in [3.05, 3.63) is 47.5 Å². The van der Waals surface area contributed by atoms with Crippen LogP contribution in [0.1, 0.15) is 11.3 Å². The number of hydrogen-bond acceptors (Lipinski definition) is 2. The number of aromatic nitrogens is 2. The highest BCUT2D eigenvalue weighted by molar-refractivity contribution is 5.34. The molecular weight excluding hydrogens is 195 g/mol. The van der Waals surface area contributed by atoms with Gasteiger partial charge in [-0.25, -0.2) is 9.07 Å². The number of aliphatic hydroxyl groups excluding tert-OH is 1. The Labute approximate surface area is 86.8 Å². The molecule has 15 heavy (non-hydrogen) atoms. The van der Waals surface area contributed by atoms with Crippen molar-refractivity contribution in [2.24, 2.45) is 0 Å². The van der Waals surface area contributed by atoms with Crippen LogP contribution in [-0.2, 0) is 6.61 Å². The van der Waals surface area contributed by atoms with Crippen LogP contribution in [0.5, 0.6) is 0 Å². The molecule has 0 saturated heterocycles. The normalized spacial score (nSPS) is 10.6. The van der Waals surface area contributed by atoms with Crippen molar-refractivity contribution in [1.82, 2.24) is 9.78 Å². The lowest BCUT2D eigenvalue weighted by Crippen LogP contribution is -1.99. The highest BCUT2D eigenvalue weighted by Crippen LogP contribution is 2.14. The predicted octanol–water partition coefficient (Wildman–Crippen LogP) is 1.81. The molecule has 0 atom stereocenters. The number of benzene rings is 1. The lowest BCUT2D eigenvalue weighted by Gasteiger charge is -2.04. The van der Waals surface area contributed by atoms with Gasteiger partial charge in [0.25, 0.3) is 0 Å². The lowest BCUT2D eigenvalue weighted by molar-refractivity contribution is 0.281. The molecule has 1 heterocycles. The summed E-state index contributed by atoms with van der Waals surface area (Å²) in [6, 6.07) is 6.19. The van der Waals surface area contributed by atoms with Crippen molar-refractivity contribution in [2.75, 3.05) is 0 Å². The van der Waals surface area contributed by atoms with E-state index in [-0.39, 0.29) is 12.4 Å². The van der Waals surface area contributed by atoms with E-state index in [0.29, 0.717) is 5.69 Å². The summed E-state index contributed by atoms with van der Waals surface area (Å²) in [4.78, 5) is 0. The smallest absolute Gasteiger partial charge is 0.125 e. The standard InChI is InChI=1S/C11H11FN2O/c1-8-9(7-15)6-13-14(8)11-4-2-3-10(12)5-11/h2-6,15H,7H2,1H3. The van der Waals surface area contributed by atoms with Gasteiger partial charge in [-0.15, -0.1) is 0 Å². The lowest BCUT2D eigenvalue weighted by atomic mass is 10.2. The molecule has 0 bridgehead atoms. The van der Waals surface area contributed by atoms with Crippen molar-refractivity contribution >= 4 is 0 Å². The van der Waals surface area contributed by atoms with Crippen LogP contribution in [0.4, 0.5) is 4.39 Å². The largest absolute Gasteiger partial charge is 0.392 e. The Hall–Kier alpha value is -1.68. The van der Waals surface area contributed by atoms with E-state index in [1.54, 1.807) is 23.0 Å². The van der Waals surface area contributed by atoms with Crippen LogP contribution in [0.2, 0.25) is 0 Å². The number of rotatable bonds is 2. The minimum Gasteiger partial charge on any atom is -0.392 e. The van der Waals surface area contributed by atoms with Gasteiger partial charge in [-0.05, 0) is 25.1 Å². The van der Waals surface area contributed by atoms with Gasteiger partial charge in [-0.1, -0.05) is 6.07 Å². The van der Waals surface area contributed by atoms with Crippen molar-refractivity contribution in [1.29, 1.82) is 0 Å². The molecule has 2 aromatic rings. The van der Waals surface area contributed by atoms with E-state index in [4.69, 9.17) is 5.11 Å². The Bertz CT molecular complexity index is 479. The number of nitrogens with zero attached hydrogens (tertiary/aromatic N) is 2. The quantitative estimate of drug-likeness (QED) is 0.813. The van der Waals surface area contributed by atoms with Gasteiger partial charge in [0.1, 0.15) is 5.82 Å². The Morgan fingerprint density at radius 3 is 2.87 bits per heavy atom. The molecule has 3 nitrogen and oxygen atoms in total. The summed E-state index contributed by atoms with van der Waals surface area (Å²) < 4.78 is 14.6. The van der Waals surface area contributed by atoms with Crippen molar-refractivity contribution < 1.29 is 9.50 Å². The van der Waals surface area contributed by atoms with E-state index >= 15 is 0 Å². The molecule has 0 aliphatic heterocycles. The molecule has 1 N–H and O–H groups in total. The van der Waals surface area contributed by atoms with E-state index in [0.717, 1.165) is 11.3 Å². The van der Waals surface area contributed by atoms with Gasteiger partial charge in [-0.2, -0.15) is 5.10 Å². The summed E-state index contributed by atoms with van der Waals surface area (Å²) in [5, 5.41) is 13.1. The SMILES string of the molecule is Cc1c(CO)cnn1-c1cccc(F)c1. The maximum Gasteiger partial charge on any atom is 0.125 e. The summed E-state index contributed by atoms with van der Waals surface area (Å²) in [5.74, 6) is -0.298. The Morgan fingerprint density at radius 1 is 1.47 bits per heavy atom. The third-order valence-electron chi connectivity index (χ3n) is 2.33. The van der Waals surface area contributed by atoms with Crippen molar-refractivity contribution in [3.63, 3.8) is 0 Å². The highest BCUT2D eigenvalue weighted by Gasteiger charge is 2.07. The van der Waals surface area contributed by atoms with E-state index in [1.165, 1.54) is 12.1 Å². The zero-order valence-corrected chi connectivity index (χ0v) is 8.31. The topological polar surface area (TPSA) is 38.1 Å². The molecule has 0 spiro atoms. The molecule has 0 fully saturated rings. The highest BCUT2D eigenvalue weighted by atomic mass is 19.1. The van der Waals surface area contributed by atoms with Crippen molar-refractivity contribution in [3.8, 4) is 5.69 Å². The fourth-order valence-electron chi connectivity index (χ4n) is 1.47. The molecule has 4 heteroatoms. The second-order valence-electron chi connectivity index (χ2n) is 3.31. The minimum atomic E-state index is -0.298. The van der Waals surface area contributed by atoms with Gasteiger partial charge in [0.15, 0.2) is 0 Å². The number of halogens is 1. The Kier molecular flexibility index (Phi) is 2.51. The second kappa shape index (κ2) is 3.82. The fraction of sp³-hybridized carbons (Fsp3) is 0.182. The Morgan fingerprint density at radius 2 is 2.27 bits per heavy atom. The molecule has 2 rings (SSSR count). The molecule has 1 aromatic heterocycles. The predicted molar refractivity (Wildman–Crippen MR) is 54.2 cm³/mol. The first-order valence-corrected chi connectivity index (χ1v) is 4.62. The van der Waals surface area contributed by atoms with Crippen LogP contribution in [-0.4, -0.2) is 14.9 Å². The monoisotopic (exact) mass is 206 g/mol. The zero-order valence-electron chi connectivity index (χ0n) is 8.31. The molecule has 1 aromatic carbocycles. The maximum absolute atomic E-state index is 13.0. The van der Waals surface area contributed by atoms with Gasteiger partial charge >= 0.3 is 0 Å². The summed E-state index contributed by atoms with van der Waals surface area (Å²) in [6.07, 6.45) is 1.58. The first-order valence-electron chi connectivity index (χ1n) is 4.62. The molecular formula is C11H11FN2O. The first-order chi connectivity index (χ1) is 7.22. The summed E-state index contributed by atoms with van der Waals surface area (Å²) in [5.41, 5.74) is 2.23.